The Balaban J connectivity index is 1.77. The van der Waals surface area contributed by atoms with Crippen LogP contribution in [-0.2, 0) is 4.79 Å². The molecule has 1 aromatic carbocycles. The van der Waals surface area contributed by atoms with Crippen molar-refractivity contribution in [3.8, 4) is 5.75 Å². The number of nitrogens with two attached hydrogens (primary N) is 1. The fourth-order valence-electron chi connectivity index (χ4n) is 2.44. The molecule has 0 aliphatic heterocycles. The molecule has 0 radical (unpaired) electrons. The predicted octanol–water partition coefficient (Wildman–Crippen LogP) is 1.45. The number of rotatable bonds is 5. The fraction of sp³-hybridized carbons (Fsp3) is 0.500. The van der Waals surface area contributed by atoms with Crippen molar-refractivity contribution < 1.29 is 13.9 Å². The number of hydrogen-bond donors (Lipinski definition) is 2. The highest BCUT2D eigenvalue weighted by Gasteiger charge is 2.27. The van der Waals surface area contributed by atoms with Gasteiger partial charge in [0.2, 0.25) is 0 Å². The number of nitrogens with one attached hydrogen (secondary N) is 1. The number of carbonyl (C=O) groups excluding carboxylic acids is 1. The van der Waals surface area contributed by atoms with E-state index in [0.29, 0.717) is 18.2 Å². The molecule has 2 unspecified atom stereocenters. The summed E-state index contributed by atoms with van der Waals surface area (Å²) in [7, 11) is 0. The Labute approximate surface area is 112 Å². The largest absolute Gasteiger partial charge is 0.484 e. The molecular formula is C14H19FN2O2. The number of hydrogen-bond acceptors (Lipinski definition) is 3. The molecule has 1 aromatic rings. The monoisotopic (exact) mass is 266 g/mol. The molecule has 0 aromatic heterocycles. The lowest BCUT2D eigenvalue weighted by molar-refractivity contribution is -0.124. The van der Waals surface area contributed by atoms with Crippen molar-refractivity contribution in [3.05, 3.63) is 30.1 Å². The van der Waals surface area contributed by atoms with Crippen LogP contribution in [0.25, 0.3) is 0 Å². The molecule has 1 aliphatic carbocycles. The smallest absolute Gasteiger partial charge is 0.258 e. The van der Waals surface area contributed by atoms with E-state index in [4.69, 9.17) is 10.5 Å². The summed E-state index contributed by atoms with van der Waals surface area (Å²) < 4.78 is 18.0. The molecule has 0 heterocycles. The Morgan fingerprint density at radius 1 is 1.37 bits per heavy atom. The molecule has 2 atom stereocenters. The fourth-order valence-corrected chi connectivity index (χ4v) is 2.44. The first kappa shape index (κ1) is 13.8. The quantitative estimate of drug-likeness (QED) is 0.847. The van der Waals surface area contributed by atoms with Crippen LogP contribution in [0.1, 0.15) is 19.3 Å². The summed E-state index contributed by atoms with van der Waals surface area (Å²) in [5, 5.41) is 2.94. The molecule has 3 N–H and O–H groups in total. The summed E-state index contributed by atoms with van der Waals surface area (Å²) in [4.78, 5) is 11.7. The van der Waals surface area contributed by atoms with Crippen LogP contribution in [0.2, 0.25) is 0 Å². The van der Waals surface area contributed by atoms with Gasteiger partial charge in [-0.3, -0.25) is 4.79 Å². The van der Waals surface area contributed by atoms with Crippen molar-refractivity contribution in [2.75, 3.05) is 13.2 Å². The van der Waals surface area contributed by atoms with Crippen molar-refractivity contribution in [2.45, 2.75) is 25.3 Å². The lowest BCUT2D eigenvalue weighted by atomic mass is 10.0. The standard InChI is InChI=1S/C14H19FN2O2/c15-11-4-6-12(7-5-11)19-9-14(18)17-13-3-1-2-10(13)8-16/h4-7,10,13H,1-3,8-9,16H2,(H,17,18). The van der Waals surface area contributed by atoms with E-state index in [-0.39, 0.29) is 24.4 Å². The van der Waals surface area contributed by atoms with Gasteiger partial charge in [0.1, 0.15) is 11.6 Å². The average Bonchev–Trinajstić information content (AvgIpc) is 2.85. The van der Waals surface area contributed by atoms with Crippen molar-refractivity contribution in [1.29, 1.82) is 0 Å². The molecule has 5 heteroatoms. The Hall–Kier alpha value is -1.62. The number of ether oxygens (including phenoxy) is 1. The summed E-state index contributed by atoms with van der Waals surface area (Å²) >= 11 is 0. The Morgan fingerprint density at radius 3 is 2.79 bits per heavy atom. The van der Waals surface area contributed by atoms with Gasteiger partial charge in [-0.1, -0.05) is 6.42 Å². The molecule has 1 fully saturated rings. The van der Waals surface area contributed by atoms with Gasteiger partial charge in [-0.25, -0.2) is 4.39 Å². The summed E-state index contributed by atoms with van der Waals surface area (Å²) in [6.45, 7) is 0.545. The van der Waals surface area contributed by atoms with Crippen LogP contribution in [0.4, 0.5) is 4.39 Å². The first-order valence-electron chi connectivity index (χ1n) is 6.57. The normalized spacial score (nSPS) is 22.2. The summed E-state index contributed by atoms with van der Waals surface area (Å²) in [5.41, 5.74) is 5.66. The third-order valence-corrected chi connectivity index (χ3v) is 3.49. The second kappa shape index (κ2) is 6.52. The van der Waals surface area contributed by atoms with Crippen LogP contribution >= 0.6 is 0 Å². The highest BCUT2D eigenvalue weighted by atomic mass is 19.1. The van der Waals surface area contributed by atoms with E-state index in [0.717, 1.165) is 19.3 Å². The molecule has 0 saturated heterocycles. The first-order valence-corrected chi connectivity index (χ1v) is 6.57. The van der Waals surface area contributed by atoms with Crippen LogP contribution in [0.5, 0.6) is 5.75 Å². The average molecular weight is 266 g/mol. The first-order chi connectivity index (χ1) is 9.19. The number of carbonyl (C=O) groups is 1. The van der Waals surface area contributed by atoms with Gasteiger partial charge in [0.25, 0.3) is 5.91 Å². The van der Waals surface area contributed by atoms with E-state index >= 15 is 0 Å². The lowest BCUT2D eigenvalue weighted by Crippen LogP contribution is -2.42. The molecule has 4 nitrogen and oxygen atoms in total. The van der Waals surface area contributed by atoms with Crippen LogP contribution in [0, 0.1) is 11.7 Å². The Bertz CT molecular complexity index is 422. The van der Waals surface area contributed by atoms with Crippen LogP contribution in [0.15, 0.2) is 24.3 Å². The number of benzene rings is 1. The lowest BCUT2D eigenvalue weighted by Gasteiger charge is -2.19. The topological polar surface area (TPSA) is 64.3 Å². The second-order valence-electron chi connectivity index (χ2n) is 4.84. The van der Waals surface area contributed by atoms with E-state index in [1.165, 1.54) is 24.3 Å². The minimum Gasteiger partial charge on any atom is -0.484 e. The zero-order chi connectivity index (χ0) is 13.7. The Kier molecular flexibility index (Phi) is 4.74. The number of halogens is 1. The molecule has 0 spiro atoms. The van der Waals surface area contributed by atoms with Gasteiger partial charge in [0, 0.05) is 6.04 Å². The maximum atomic E-state index is 12.7. The zero-order valence-corrected chi connectivity index (χ0v) is 10.8. The summed E-state index contributed by atoms with van der Waals surface area (Å²) in [5.74, 6) is 0.372. The van der Waals surface area contributed by atoms with Crippen molar-refractivity contribution in [1.82, 2.24) is 5.32 Å². The highest BCUT2D eigenvalue weighted by molar-refractivity contribution is 5.77. The molecule has 2 rings (SSSR count). The van der Waals surface area contributed by atoms with E-state index in [9.17, 15) is 9.18 Å². The maximum absolute atomic E-state index is 12.7. The van der Waals surface area contributed by atoms with E-state index in [1.807, 2.05) is 0 Å². The third kappa shape index (κ3) is 3.92. The zero-order valence-electron chi connectivity index (χ0n) is 10.8. The van der Waals surface area contributed by atoms with E-state index < -0.39 is 0 Å². The SMILES string of the molecule is NCC1CCCC1NC(=O)COc1ccc(F)cc1. The molecular weight excluding hydrogens is 247 g/mol. The minimum absolute atomic E-state index is 0.0561. The minimum atomic E-state index is -0.325. The molecule has 19 heavy (non-hydrogen) atoms. The van der Waals surface area contributed by atoms with Crippen molar-refractivity contribution in [3.63, 3.8) is 0 Å². The maximum Gasteiger partial charge on any atom is 0.258 e. The van der Waals surface area contributed by atoms with Gasteiger partial charge < -0.3 is 15.8 Å². The van der Waals surface area contributed by atoms with E-state index in [1.54, 1.807) is 0 Å². The summed E-state index contributed by atoms with van der Waals surface area (Å²) in [6, 6.07) is 5.76. The molecule has 104 valence electrons. The predicted molar refractivity (Wildman–Crippen MR) is 70.2 cm³/mol. The van der Waals surface area contributed by atoms with Gasteiger partial charge in [-0.2, -0.15) is 0 Å². The van der Waals surface area contributed by atoms with Crippen molar-refractivity contribution >= 4 is 5.91 Å². The van der Waals surface area contributed by atoms with Gasteiger partial charge in [-0.05, 0) is 49.6 Å². The van der Waals surface area contributed by atoms with Crippen molar-refractivity contribution in [2.24, 2.45) is 11.7 Å². The molecule has 1 aliphatic rings. The van der Waals surface area contributed by atoms with E-state index in [2.05, 4.69) is 5.32 Å². The van der Waals surface area contributed by atoms with Crippen LogP contribution in [-0.4, -0.2) is 25.1 Å². The van der Waals surface area contributed by atoms with Crippen LogP contribution < -0.4 is 15.8 Å². The summed E-state index contributed by atoms with van der Waals surface area (Å²) in [6.07, 6.45) is 3.15. The molecule has 1 saturated carbocycles. The third-order valence-electron chi connectivity index (χ3n) is 3.49. The van der Waals surface area contributed by atoms with Gasteiger partial charge in [-0.15, -0.1) is 0 Å². The Morgan fingerprint density at radius 2 is 2.11 bits per heavy atom. The van der Waals surface area contributed by atoms with Gasteiger partial charge >= 0.3 is 0 Å². The van der Waals surface area contributed by atoms with Gasteiger partial charge in [0.05, 0.1) is 0 Å². The number of amides is 1. The van der Waals surface area contributed by atoms with Gasteiger partial charge in [0.15, 0.2) is 6.61 Å². The molecule has 1 amide bonds. The highest BCUT2D eigenvalue weighted by Crippen LogP contribution is 2.24. The molecule has 0 bridgehead atoms. The van der Waals surface area contributed by atoms with Crippen LogP contribution in [0.3, 0.4) is 0 Å². The second-order valence-corrected chi connectivity index (χ2v) is 4.84.